The molecule has 25 heavy (non-hydrogen) atoms. The van der Waals surface area contributed by atoms with E-state index in [-0.39, 0.29) is 11.9 Å². The second kappa shape index (κ2) is 6.88. The van der Waals surface area contributed by atoms with Gasteiger partial charge in [-0.3, -0.25) is 4.79 Å². The van der Waals surface area contributed by atoms with E-state index in [1.165, 1.54) is 6.33 Å². The predicted octanol–water partition coefficient (Wildman–Crippen LogP) is 2.92. The summed E-state index contributed by atoms with van der Waals surface area (Å²) >= 11 is 0. The molecule has 1 aromatic carbocycles. The Balaban J connectivity index is 1.85. The maximum Gasteiger partial charge on any atom is 0.254 e. The van der Waals surface area contributed by atoms with Crippen LogP contribution in [0.1, 0.15) is 41.3 Å². The zero-order valence-corrected chi connectivity index (χ0v) is 14.8. The smallest absolute Gasteiger partial charge is 0.254 e. The first-order chi connectivity index (χ1) is 12.0. The molecular formula is C18H21N5O2. The van der Waals surface area contributed by atoms with Gasteiger partial charge in [0.1, 0.15) is 17.8 Å². The number of nitrogens with zero attached hydrogens (tertiary/aromatic N) is 5. The third-order valence-corrected chi connectivity index (χ3v) is 4.05. The van der Waals surface area contributed by atoms with Gasteiger partial charge in [-0.05, 0) is 74.0 Å². The summed E-state index contributed by atoms with van der Waals surface area (Å²) in [6, 6.07) is 9.39. The molecule has 0 radical (unpaired) electrons. The lowest BCUT2D eigenvalue weighted by atomic mass is 10.1. The highest BCUT2D eigenvalue weighted by atomic mass is 16.3. The summed E-state index contributed by atoms with van der Waals surface area (Å²) in [5.41, 5.74) is 2.40. The number of carbonyl (C=O) groups is 1. The zero-order valence-electron chi connectivity index (χ0n) is 14.8. The Hall–Kier alpha value is -2.96. The summed E-state index contributed by atoms with van der Waals surface area (Å²) in [4.78, 5) is 14.8. The van der Waals surface area contributed by atoms with Crippen molar-refractivity contribution in [3.8, 4) is 5.69 Å². The second-order valence-electron chi connectivity index (χ2n) is 6.29. The Labute approximate surface area is 146 Å². The van der Waals surface area contributed by atoms with E-state index in [4.69, 9.17) is 4.42 Å². The molecular weight excluding hydrogens is 318 g/mol. The number of hydrogen-bond acceptors (Lipinski definition) is 5. The van der Waals surface area contributed by atoms with Crippen LogP contribution < -0.4 is 0 Å². The van der Waals surface area contributed by atoms with Crippen LogP contribution in [0.5, 0.6) is 0 Å². The quantitative estimate of drug-likeness (QED) is 0.714. The first-order valence-electron chi connectivity index (χ1n) is 8.16. The lowest BCUT2D eigenvalue weighted by Crippen LogP contribution is -2.36. The van der Waals surface area contributed by atoms with Gasteiger partial charge in [-0.2, -0.15) is 0 Å². The molecule has 0 aliphatic rings. The molecule has 0 atom stereocenters. The van der Waals surface area contributed by atoms with Crippen LogP contribution >= 0.6 is 0 Å². The van der Waals surface area contributed by atoms with E-state index in [0.717, 1.165) is 22.8 Å². The van der Waals surface area contributed by atoms with Gasteiger partial charge in [0.15, 0.2) is 0 Å². The molecule has 7 heteroatoms. The average Bonchev–Trinajstić information content (AvgIpc) is 3.23. The van der Waals surface area contributed by atoms with Crippen molar-refractivity contribution in [2.75, 3.05) is 0 Å². The van der Waals surface area contributed by atoms with Crippen LogP contribution in [-0.2, 0) is 6.54 Å². The van der Waals surface area contributed by atoms with Gasteiger partial charge in [-0.25, -0.2) is 4.68 Å². The highest BCUT2D eigenvalue weighted by Crippen LogP contribution is 2.19. The fourth-order valence-electron chi connectivity index (χ4n) is 2.71. The first kappa shape index (κ1) is 16.9. The number of benzene rings is 1. The Morgan fingerprint density at radius 2 is 2.04 bits per heavy atom. The van der Waals surface area contributed by atoms with Crippen LogP contribution in [0, 0.1) is 13.8 Å². The molecule has 130 valence electrons. The topological polar surface area (TPSA) is 77.1 Å². The van der Waals surface area contributed by atoms with E-state index >= 15 is 0 Å². The monoisotopic (exact) mass is 339 g/mol. The normalized spacial score (nSPS) is 11.1. The molecule has 0 fully saturated rings. The third kappa shape index (κ3) is 3.60. The third-order valence-electron chi connectivity index (χ3n) is 4.05. The van der Waals surface area contributed by atoms with E-state index in [9.17, 15) is 4.79 Å². The largest absolute Gasteiger partial charge is 0.464 e. The minimum absolute atomic E-state index is 0.0320. The predicted molar refractivity (Wildman–Crippen MR) is 92.3 cm³/mol. The second-order valence-corrected chi connectivity index (χ2v) is 6.29. The average molecular weight is 339 g/mol. The van der Waals surface area contributed by atoms with Crippen LogP contribution in [-0.4, -0.2) is 37.1 Å². The highest BCUT2D eigenvalue weighted by Gasteiger charge is 2.21. The van der Waals surface area contributed by atoms with Gasteiger partial charge < -0.3 is 9.32 Å². The Kier molecular flexibility index (Phi) is 4.65. The number of tetrazole rings is 1. The van der Waals surface area contributed by atoms with E-state index in [0.29, 0.717) is 12.1 Å². The molecule has 3 rings (SSSR count). The summed E-state index contributed by atoms with van der Waals surface area (Å²) in [6.45, 7) is 8.26. The Bertz CT molecular complexity index is 867. The molecule has 0 N–H and O–H groups in total. The minimum Gasteiger partial charge on any atom is -0.464 e. The molecule has 0 saturated heterocycles. The number of rotatable bonds is 5. The number of amides is 1. The molecule has 1 amide bonds. The van der Waals surface area contributed by atoms with Gasteiger partial charge in [0.05, 0.1) is 12.2 Å². The summed E-state index contributed by atoms with van der Waals surface area (Å²) < 4.78 is 7.20. The maximum atomic E-state index is 13.0. The summed E-state index contributed by atoms with van der Waals surface area (Å²) in [6.07, 6.45) is 1.53. The molecule has 3 aromatic rings. The first-order valence-corrected chi connectivity index (χ1v) is 8.16. The van der Waals surface area contributed by atoms with Crippen LogP contribution in [0.15, 0.2) is 41.1 Å². The van der Waals surface area contributed by atoms with Crippen molar-refractivity contribution in [2.24, 2.45) is 0 Å². The van der Waals surface area contributed by atoms with Gasteiger partial charge in [-0.1, -0.05) is 0 Å². The van der Waals surface area contributed by atoms with Crippen molar-refractivity contribution in [1.29, 1.82) is 0 Å². The van der Waals surface area contributed by atoms with Crippen LogP contribution in [0.4, 0.5) is 0 Å². The highest BCUT2D eigenvalue weighted by molar-refractivity contribution is 5.94. The van der Waals surface area contributed by atoms with Crippen LogP contribution in [0.2, 0.25) is 0 Å². The molecule has 0 aliphatic heterocycles. The molecule has 7 nitrogen and oxygen atoms in total. The molecule has 0 bridgehead atoms. The van der Waals surface area contributed by atoms with Crippen molar-refractivity contribution in [2.45, 2.75) is 40.3 Å². The fraction of sp³-hybridized carbons (Fsp3) is 0.333. The van der Waals surface area contributed by atoms with Crippen LogP contribution in [0.3, 0.4) is 0 Å². The van der Waals surface area contributed by atoms with Gasteiger partial charge in [-0.15, -0.1) is 5.10 Å². The summed E-state index contributed by atoms with van der Waals surface area (Å²) in [7, 11) is 0. The van der Waals surface area contributed by atoms with Crippen molar-refractivity contribution in [3.63, 3.8) is 0 Å². The van der Waals surface area contributed by atoms with E-state index < -0.39 is 0 Å². The fourth-order valence-corrected chi connectivity index (χ4v) is 2.71. The SMILES string of the molecule is Cc1ccc(CN(C(=O)c2ccc(-n3cnnn3)c(C)c2)C(C)C)o1. The van der Waals surface area contributed by atoms with Gasteiger partial charge >= 0.3 is 0 Å². The number of carbonyl (C=O) groups excluding carboxylic acids is 1. The van der Waals surface area contributed by atoms with Gasteiger partial charge in [0.2, 0.25) is 0 Å². The Morgan fingerprint density at radius 3 is 2.60 bits per heavy atom. The van der Waals surface area contributed by atoms with Crippen molar-refractivity contribution < 1.29 is 9.21 Å². The molecule has 0 aliphatic carbocycles. The maximum absolute atomic E-state index is 13.0. The molecule has 0 unspecified atom stereocenters. The van der Waals surface area contributed by atoms with Crippen molar-refractivity contribution in [3.05, 3.63) is 59.3 Å². The minimum atomic E-state index is -0.0320. The number of furan rings is 1. The Morgan fingerprint density at radius 1 is 1.24 bits per heavy atom. The van der Waals surface area contributed by atoms with Gasteiger partial charge in [0, 0.05) is 11.6 Å². The summed E-state index contributed by atoms with van der Waals surface area (Å²) in [5, 5.41) is 11.2. The lowest BCUT2D eigenvalue weighted by molar-refractivity contribution is 0.0675. The van der Waals surface area contributed by atoms with E-state index in [1.807, 2.05) is 52.0 Å². The number of aryl methyl sites for hydroxylation is 2. The molecule has 2 heterocycles. The molecule has 0 saturated carbocycles. The van der Waals surface area contributed by atoms with E-state index in [2.05, 4.69) is 15.5 Å². The van der Waals surface area contributed by atoms with Crippen molar-refractivity contribution in [1.82, 2.24) is 25.1 Å². The van der Waals surface area contributed by atoms with Crippen molar-refractivity contribution >= 4 is 5.91 Å². The molecule has 0 spiro atoms. The molecule has 2 aromatic heterocycles. The van der Waals surface area contributed by atoms with Gasteiger partial charge in [0.25, 0.3) is 5.91 Å². The van der Waals surface area contributed by atoms with E-state index in [1.54, 1.807) is 15.6 Å². The summed E-state index contributed by atoms with van der Waals surface area (Å²) in [5.74, 6) is 1.59. The number of hydrogen-bond donors (Lipinski definition) is 0. The standard InChI is InChI=1S/C18H21N5O2/c1-12(2)22(10-16-7-5-14(4)25-16)18(24)15-6-8-17(13(3)9-15)23-11-19-20-21-23/h5-9,11-12H,10H2,1-4H3. The lowest BCUT2D eigenvalue weighted by Gasteiger charge is -2.26. The zero-order chi connectivity index (χ0) is 18.0. The van der Waals surface area contributed by atoms with Crippen LogP contribution in [0.25, 0.3) is 5.69 Å². The number of aromatic nitrogens is 4.